The summed E-state index contributed by atoms with van der Waals surface area (Å²) in [6.07, 6.45) is 4.98. The molecule has 0 unspecified atom stereocenters. The zero-order valence-corrected chi connectivity index (χ0v) is 15.4. The number of benzene rings is 1. The normalized spacial score (nSPS) is 14.0. The molecule has 4 rings (SSSR count). The fourth-order valence-electron chi connectivity index (χ4n) is 3.33. The van der Waals surface area contributed by atoms with Gasteiger partial charge >= 0.3 is 0 Å². The maximum Gasteiger partial charge on any atom is 0.257 e. The molecule has 0 amide bonds. The summed E-state index contributed by atoms with van der Waals surface area (Å²) in [6, 6.07) is 12.7. The Hall–Kier alpha value is -1.98. The summed E-state index contributed by atoms with van der Waals surface area (Å²) < 4.78 is 5.96. The van der Waals surface area contributed by atoms with E-state index in [2.05, 4.69) is 52.4 Å². The van der Waals surface area contributed by atoms with Gasteiger partial charge < -0.3 is 4.42 Å². The van der Waals surface area contributed by atoms with Crippen molar-refractivity contribution in [2.45, 2.75) is 45.7 Å². The average molecular weight is 353 g/mol. The Labute approximate surface area is 152 Å². The molecule has 5 heteroatoms. The fourth-order valence-corrected chi connectivity index (χ4v) is 4.50. The molecular formula is C20H23N3OS. The van der Waals surface area contributed by atoms with E-state index in [1.54, 1.807) is 0 Å². The molecule has 3 aromatic rings. The Morgan fingerprint density at radius 2 is 1.92 bits per heavy atom. The lowest BCUT2D eigenvalue weighted by Crippen LogP contribution is -2.22. The van der Waals surface area contributed by atoms with E-state index < -0.39 is 0 Å². The number of rotatable bonds is 6. The summed E-state index contributed by atoms with van der Waals surface area (Å²) in [5, 5.41) is 8.57. The van der Waals surface area contributed by atoms with Crippen LogP contribution in [0, 0.1) is 0 Å². The van der Waals surface area contributed by atoms with E-state index in [1.165, 1.54) is 41.7 Å². The van der Waals surface area contributed by atoms with Crippen LogP contribution in [0.1, 0.15) is 41.7 Å². The second-order valence-corrected chi connectivity index (χ2v) is 7.69. The largest absolute Gasteiger partial charge is 0.419 e. The van der Waals surface area contributed by atoms with Gasteiger partial charge in [0.2, 0.25) is 5.89 Å². The number of aryl methyl sites for hydroxylation is 2. The van der Waals surface area contributed by atoms with Crippen molar-refractivity contribution in [1.29, 1.82) is 0 Å². The third-order valence-electron chi connectivity index (χ3n) is 4.73. The Balaban J connectivity index is 1.46. The molecule has 2 heterocycles. The minimum absolute atomic E-state index is 0.671. The first-order chi connectivity index (χ1) is 12.3. The number of fused-ring (bicyclic) bond motifs is 1. The second kappa shape index (κ2) is 7.50. The van der Waals surface area contributed by atoms with Gasteiger partial charge in [0.1, 0.15) is 0 Å². The van der Waals surface area contributed by atoms with Gasteiger partial charge in [-0.25, -0.2) is 0 Å². The van der Waals surface area contributed by atoms with Crippen LogP contribution in [0.3, 0.4) is 0 Å². The van der Waals surface area contributed by atoms with E-state index in [0.717, 1.165) is 18.0 Å². The number of hydrogen-bond acceptors (Lipinski definition) is 5. The van der Waals surface area contributed by atoms with Gasteiger partial charge in [-0.05, 0) is 49.4 Å². The molecule has 130 valence electrons. The maximum absolute atomic E-state index is 5.96. The average Bonchev–Trinajstić information content (AvgIpc) is 3.28. The van der Waals surface area contributed by atoms with Crippen molar-refractivity contribution in [3.8, 4) is 10.8 Å². The van der Waals surface area contributed by atoms with Gasteiger partial charge in [0, 0.05) is 11.4 Å². The van der Waals surface area contributed by atoms with Crippen LogP contribution in [0.15, 0.2) is 40.8 Å². The zero-order valence-electron chi connectivity index (χ0n) is 14.6. The first kappa shape index (κ1) is 16.5. The van der Waals surface area contributed by atoms with Crippen molar-refractivity contribution in [2.75, 3.05) is 6.54 Å². The topological polar surface area (TPSA) is 42.2 Å². The van der Waals surface area contributed by atoms with Crippen molar-refractivity contribution >= 4 is 11.3 Å². The van der Waals surface area contributed by atoms with Crippen LogP contribution in [0.25, 0.3) is 10.8 Å². The van der Waals surface area contributed by atoms with Gasteiger partial charge in [0.15, 0.2) is 0 Å². The Kier molecular flexibility index (Phi) is 4.95. The Morgan fingerprint density at radius 1 is 1.08 bits per heavy atom. The van der Waals surface area contributed by atoms with Gasteiger partial charge in [-0.15, -0.1) is 21.5 Å². The monoisotopic (exact) mass is 353 g/mol. The molecule has 1 aliphatic rings. The molecule has 1 aromatic carbocycles. The van der Waals surface area contributed by atoms with Gasteiger partial charge in [0.05, 0.1) is 11.4 Å². The summed E-state index contributed by atoms with van der Waals surface area (Å²) in [5.41, 5.74) is 2.78. The highest BCUT2D eigenvalue weighted by Crippen LogP contribution is 2.35. The van der Waals surface area contributed by atoms with E-state index in [4.69, 9.17) is 4.42 Å². The van der Waals surface area contributed by atoms with Crippen LogP contribution >= 0.6 is 11.3 Å². The first-order valence-electron chi connectivity index (χ1n) is 9.02. The highest BCUT2D eigenvalue weighted by molar-refractivity contribution is 7.15. The molecule has 0 saturated heterocycles. The summed E-state index contributed by atoms with van der Waals surface area (Å²) in [6.45, 7) is 4.68. The molecule has 0 bridgehead atoms. The third-order valence-corrected chi connectivity index (χ3v) is 5.95. The standard InChI is InChI=1S/C20H23N3OS/c1-2-23(13-15-8-4-3-5-9-15)14-19-21-22-20(24-19)18-12-16-10-6-7-11-17(16)25-18/h3-5,8-9,12H,2,6-7,10-11,13-14H2,1H3. The van der Waals surface area contributed by atoms with Crippen molar-refractivity contribution in [2.24, 2.45) is 0 Å². The minimum Gasteiger partial charge on any atom is -0.419 e. The molecule has 25 heavy (non-hydrogen) atoms. The van der Waals surface area contributed by atoms with Crippen molar-refractivity contribution in [1.82, 2.24) is 15.1 Å². The summed E-state index contributed by atoms with van der Waals surface area (Å²) >= 11 is 1.82. The van der Waals surface area contributed by atoms with E-state index in [9.17, 15) is 0 Å². The number of thiophene rings is 1. The highest BCUT2D eigenvalue weighted by atomic mass is 32.1. The lowest BCUT2D eigenvalue weighted by molar-refractivity contribution is 0.243. The fraction of sp³-hybridized carbons (Fsp3) is 0.400. The Bertz CT molecular complexity index is 801. The summed E-state index contributed by atoms with van der Waals surface area (Å²) in [4.78, 5) is 4.93. The lowest BCUT2D eigenvalue weighted by Gasteiger charge is -2.18. The SMILES string of the molecule is CCN(Cc1ccccc1)Cc1nnc(-c2cc3c(s2)CCCC3)o1. The molecule has 0 N–H and O–H groups in total. The Morgan fingerprint density at radius 3 is 2.72 bits per heavy atom. The smallest absolute Gasteiger partial charge is 0.257 e. The quantitative estimate of drug-likeness (QED) is 0.644. The van der Waals surface area contributed by atoms with Crippen molar-refractivity contribution in [3.05, 3.63) is 58.3 Å². The van der Waals surface area contributed by atoms with Gasteiger partial charge in [-0.1, -0.05) is 37.3 Å². The van der Waals surface area contributed by atoms with Crippen LogP contribution in [0.4, 0.5) is 0 Å². The molecule has 0 atom stereocenters. The molecule has 0 spiro atoms. The maximum atomic E-state index is 5.96. The van der Waals surface area contributed by atoms with E-state index in [-0.39, 0.29) is 0 Å². The molecule has 0 aliphatic heterocycles. The number of hydrogen-bond donors (Lipinski definition) is 0. The number of aromatic nitrogens is 2. The molecule has 0 saturated carbocycles. The lowest BCUT2D eigenvalue weighted by atomic mass is 9.99. The van der Waals surface area contributed by atoms with Crippen molar-refractivity contribution in [3.63, 3.8) is 0 Å². The van der Waals surface area contributed by atoms with Crippen LogP contribution in [-0.4, -0.2) is 21.6 Å². The van der Waals surface area contributed by atoms with Crippen LogP contribution in [0.5, 0.6) is 0 Å². The van der Waals surface area contributed by atoms with Crippen LogP contribution in [-0.2, 0) is 25.9 Å². The predicted molar refractivity (Wildman–Crippen MR) is 100 cm³/mol. The van der Waals surface area contributed by atoms with E-state index in [0.29, 0.717) is 18.3 Å². The van der Waals surface area contributed by atoms with Gasteiger partial charge in [0.25, 0.3) is 5.89 Å². The third kappa shape index (κ3) is 3.83. The summed E-state index contributed by atoms with van der Waals surface area (Å²) in [7, 11) is 0. The predicted octanol–water partition coefficient (Wildman–Crippen LogP) is 4.70. The molecule has 2 aromatic heterocycles. The first-order valence-corrected chi connectivity index (χ1v) is 9.84. The molecule has 1 aliphatic carbocycles. The van der Waals surface area contributed by atoms with Gasteiger partial charge in [-0.2, -0.15) is 0 Å². The van der Waals surface area contributed by atoms with E-state index in [1.807, 2.05) is 17.4 Å². The molecule has 0 radical (unpaired) electrons. The second-order valence-electron chi connectivity index (χ2n) is 6.56. The molecule has 0 fully saturated rings. The summed E-state index contributed by atoms with van der Waals surface area (Å²) in [5.74, 6) is 1.37. The highest BCUT2D eigenvalue weighted by Gasteiger charge is 2.18. The van der Waals surface area contributed by atoms with E-state index >= 15 is 0 Å². The minimum atomic E-state index is 0.671. The number of nitrogens with zero attached hydrogens (tertiary/aromatic N) is 3. The zero-order chi connectivity index (χ0) is 17.1. The van der Waals surface area contributed by atoms with Crippen molar-refractivity contribution < 1.29 is 4.42 Å². The molecular weight excluding hydrogens is 330 g/mol. The van der Waals surface area contributed by atoms with Crippen LogP contribution in [0.2, 0.25) is 0 Å². The molecule has 4 nitrogen and oxygen atoms in total. The van der Waals surface area contributed by atoms with Crippen LogP contribution < -0.4 is 0 Å². The van der Waals surface area contributed by atoms with Gasteiger partial charge in [-0.3, -0.25) is 4.90 Å².